The van der Waals surface area contributed by atoms with Crippen molar-refractivity contribution in [2.24, 2.45) is 0 Å². The zero-order chi connectivity index (χ0) is 20.9. The van der Waals surface area contributed by atoms with E-state index < -0.39 is 0 Å². The van der Waals surface area contributed by atoms with Crippen molar-refractivity contribution in [2.75, 3.05) is 12.4 Å². The van der Waals surface area contributed by atoms with Gasteiger partial charge in [-0.1, -0.05) is 30.0 Å². The van der Waals surface area contributed by atoms with Gasteiger partial charge in [0.05, 0.1) is 29.1 Å². The number of aryl methyl sites for hydroxylation is 1. The van der Waals surface area contributed by atoms with Gasteiger partial charge in [0, 0.05) is 11.9 Å². The van der Waals surface area contributed by atoms with E-state index in [1.807, 2.05) is 37.3 Å². The largest absolute Gasteiger partial charge is 0.493 e. The zero-order valence-corrected chi connectivity index (χ0v) is 17.1. The summed E-state index contributed by atoms with van der Waals surface area (Å²) in [5.41, 5.74) is 2.12. The predicted octanol–water partition coefficient (Wildman–Crippen LogP) is 4.13. The van der Waals surface area contributed by atoms with E-state index in [-0.39, 0.29) is 5.56 Å². The number of para-hydroxylation sites is 1. The Labute approximate surface area is 177 Å². The number of nitrogens with zero attached hydrogens (tertiary/aromatic N) is 4. The van der Waals surface area contributed by atoms with Crippen molar-refractivity contribution < 1.29 is 4.74 Å². The Morgan fingerprint density at radius 3 is 2.63 bits per heavy atom. The third-order valence-electron chi connectivity index (χ3n) is 4.44. The van der Waals surface area contributed by atoms with E-state index in [0.717, 1.165) is 5.56 Å². The quantitative estimate of drug-likeness (QED) is 0.268. The minimum Gasteiger partial charge on any atom is -0.493 e. The van der Waals surface area contributed by atoms with Gasteiger partial charge in [-0.05, 0) is 55.0 Å². The van der Waals surface area contributed by atoms with E-state index in [9.17, 15) is 4.79 Å². The summed E-state index contributed by atoms with van der Waals surface area (Å²) in [5.74, 6) is 1.83. The third kappa shape index (κ3) is 4.19. The van der Waals surface area contributed by atoms with Gasteiger partial charge >= 0.3 is 0 Å². The average molecular weight is 414 g/mol. The molecule has 0 aliphatic carbocycles. The van der Waals surface area contributed by atoms with Crippen molar-refractivity contribution >= 4 is 22.7 Å². The van der Waals surface area contributed by atoms with E-state index in [1.54, 1.807) is 41.1 Å². The molecule has 0 saturated heterocycles. The molecule has 0 N–H and O–H groups in total. The van der Waals surface area contributed by atoms with Crippen LogP contribution < -0.4 is 10.3 Å². The van der Waals surface area contributed by atoms with Crippen LogP contribution in [0.25, 0.3) is 16.7 Å². The number of ether oxygens (including phenoxy) is 1. The van der Waals surface area contributed by atoms with Gasteiger partial charge in [-0.2, -0.15) is 5.26 Å². The molecular formula is C23H18N4O2S. The van der Waals surface area contributed by atoms with E-state index >= 15 is 0 Å². The molecule has 2 aromatic heterocycles. The summed E-state index contributed by atoms with van der Waals surface area (Å²) in [6.07, 6.45) is 1.74. The topological polar surface area (TPSA) is 80.8 Å². The smallest absolute Gasteiger partial charge is 0.267 e. The number of pyridine rings is 1. The molecule has 0 fully saturated rings. The lowest BCUT2D eigenvalue weighted by atomic mass is 10.2. The fourth-order valence-electron chi connectivity index (χ4n) is 2.92. The maximum Gasteiger partial charge on any atom is 0.267 e. The summed E-state index contributed by atoms with van der Waals surface area (Å²) < 4.78 is 7.29. The van der Waals surface area contributed by atoms with Gasteiger partial charge in [-0.25, -0.2) is 14.5 Å². The van der Waals surface area contributed by atoms with Gasteiger partial charge in [0.1, 0.15) is 11.6 Å². The Morgan fingerprint density at radius 1 is 1.10 bits per heavy atom. The van der Waals surface area contributed by atoms with Crippen molar-refractivity contribution in [3.63, 3.8) is 0 Å². The van der Waals surface area contributed by atoms with Gasteiger partial charge in [-0.3, -0.25) is 4.79 Å². The second kappa shape index (κ2) is 8.80. The number of hydrogen-bond acceptors (Lipinski definition) is 6. The van der Waals surface area contributed by atoms with Crippen LogP contribution in [0.4, 0.5) is 0 Å². The Hall–Kier alpha value is -3.63. The molecule has 0 spiro atoms. The van der Waals surface area contributed by atoms with Crippen molar-refractivity contribution in [3.8, 4) is 17.6 Å². The molecule has 0 radical (unpaired) electrons. The molecule has 2 aromatic carbocycles. The van der Waals surface area contributed by atoms with E-state index in [4.69, 9.17) is 15.0 Å². The number of rotatable bonds is 6. The zero-order valence-electron chi connectivity index (χ0n) is 16.3. The Kier molecular flexibility index (Phi) is 5.77. The van der Waals surface area contributed by atoms with Crippen LogP contribution >= 0.6 is 11.8 Å². The van der Waals surface area contributed by atoms with E-state index in [2.05, 4.69) is 11.1 Å². The molecule has 0 unspecified atom stereocenters. The van der Waals surface area contributed by atoms with Crippen LogP contribution in [0.3, 0.4) is 0 Å². The van der Waals surface area contributed by atoms with Gasteiger partial charge in [0.2, 0.25) is 0 Å². The SMILES string of the molecule is Cc1ccc(-n2c(SCCOc3ccc(C#N)cc3)nc3ccccc3c2=O)nc1. The van der Waals surface area contributed by atoms with Crippen LogP contribution in [-0.2, 0) is 0 Å². The normalized spacial score (nSPS) is 10.7. The van der Waals surface area contributed by atoms with E-state index in [1.165, 1.54) is 11.8 Å². The van der Waals surface area contributed by atoms with Crippen molar-refractivity contribution in [1.82, 2.24) is 14.5 Å². The van der Waals surface area contributed by atoms with Crippen LogP contribution in [0.15, 0.2) is 76.8 Å². The molecule has 0 aliphatic rings. The number of nitriles is 1. The lowest BCUT2D eigenvalue weighted by Crippen LogP contribution is -2.23. The van der Waals surface area contributed by atoms with Gasteiger partial charge in [-0.15, -0.1) is 0 Å². The summed E-state index contributed by atoms with van der Waals surface area (Å²) in [4.78, 5) is 22.3. The molecule has 0 amide bonds. The fourth-order valence-corrected chi connectivity index (χ4v) is 3.74. The van der Waals surface area contributed by atoms with Crippen molar-refractivity contribution in [2.45, 2.75) is 12.1 Å². The first-order chi connectivity index (χ1) is 14.7. The first kappa shape index (κ1) is 19.7. The Morgan fingerprint density at radius 2 is 1.90 bits per heavy atom. The highest BCUT2D eigenvalue weighted by atomic mass is 32.2. The van der Waals surface area contributed by atoms with Gasteiger partial charge in [0.15, 0.2) is 5.16 Å². The molecule has 0 aliphatic heterocycles. The monoisotopic (exact) mass is 414 g/mol. The number of thioether (sulfide) groups is 1. The molecule has 0 saturated carbocycles. The molecule has 4 rings (SSSR count). The Balaban J connectivity index is 1.59. The highest BCUT2D eigenvalue weighted by molar-refractivity contribution is 7.99. The maximum atomic E-state index is 13.2. The molecule has 148 valence electrons. The molecule has 30 heavy (non-hydrogen) atoms. The minimum atomic E-state index is -0.146. The minimum absolute atomic E-state index is 0.146. The molecule has 4 aromatic rings. The summed E-state index contributed by atoms with van der Waals surface area (Å²) in [6, 6.07) is 20.1. The first-order valence-electron chi connectivity index (χ1n) is 9.36. The maximum absolute atomic E-state index is 13.2. The lowest BCUT2D eigenvalue weighted by molar-refractivity contribution is 0.344. The molecule has 0 atom stereocenters. The molecule has 0 bridgehead atoms. The van der Waals surface area contributed by atoms with Crippen molar-refractivity contribution in [3.05, 3.63) is 88.3 Å². The molecular weight excluding hydrogens is 396 g/mol. The van der Waals surface area contributed by atoms with Crippen LogP contribution in [0, 0.1) is 18.3 Å². The number of aromatic nitrogens is 3. The summed E-state index contributed by atoms with van der Waals surface area (Å²) in [5, 5.41) is 9.99. The van der Waals surface area contributed by atoms with Crippen molar-refractivity contribution in [1.29, 1.82) is 5.26 Å². The van der Waals surface area contributed by atoms with Gasteiger partial charge in [0.25, 0.3) is 5.56 Å². The van der Waals surface area contributed by atoms with Crippen LogP contribution in [0.5, 0.6) is 5.75 Å². The highest BCUT2D eigenvalue weighted by Gasteiger charge is 2.14. The third-order valence-corrected chi connectivity index (χ3v) is 5.34. The average Bonchev–Trinajstić information content (AvgIpc) is 2.78. The summed E-state index contributed by atoms with van der Waals surface area (Å²) in [6.45, 7) is 2.38. The lowest BCUT2D eigenvalue weighted by Gasteiger charge is -2.13. The second-order valence-electron chi connectivity index (χ2n) is 6.58. The first-order valence-corrected chi connectivity index (χ1v) is 10.3. The van der Waals surface area contributed by atoms with Crippen LogP contribution in [-0.4, -0.2) is 26.9 Å². The fraction of sp³-hybridized carbons (Fsp3) is 0.130. The molecule has 2 heterocycles. The van der Waals surface area contributed by atoms with Gasteiger partial charge < -0.3 is 4.74 Å². The number of hydrogen-bond donors (Lipinski definition) is 0. The summed E-state index contributed by atoms with van der Waals surface area (Å²) >= 11 is 1.44. The second-order valence-corrected chi connectivity index (χ2v) is 7.64. The van der Waals surface area contributed by atoms with Crippen LogP contribution in [0.1, 0.15) is 11.1 Å². The number of benzene rings is 2. The highest BCUT2D eigenvalue weighted by Crippen LogP contribution is 2.21. The van der Waals surface area contributed by atoms with E-state index in [0.29, 0.717) is 45.5 Å². The number of fused-ring (bicyclic) bond motifs is 1. The van der Waals surface area contributed by atoms with Crippen LogP contribution in [0.2, 0.25) is 0 Å². The molecule has 6 nitrogen and oxygen atoms in total. The predicted molar refractivity (Wildman–Crippen MR) is 117 cm³/mol. The molecule has 7 heteroatoms. The summed E-state index contributed by atoms with van der Waals surface area (Å²) in [7, 11) is 0. The standard InChI is InChI=1S/C23H18N4O2S/c1-16-6-11-21(25-15-16)27-22(28)19-4-2-3-5-20(19)26-23(27)30-13-12-29-18-9-7-17(14-24)8-10-18/h2-11,15H,12-13H2,1H3. The Bertz CT molecular complexity index is 1280.